The van der Waals surface area contributed by atoms with Gasteiger partial charge in [0.2, 0.25) is 11.8 Å². The Balaban J connectivity index is 1.80. The number of hydrogen-bond donors (Lipinski definition) is 1. The average molecular weight is 407 g/mol. The molecule has 0 heterocycles. The van der Waals surface area contributed by atoms with Crippen LogP contribution in [0.15, 0.2) is 66.7 Å². The number of nitrogens with one attached hydrogen (secondary N) is 1. The summed E-state index contributed by atoms with van der Waals surface area (Å²) in [5.74, 6) is -0.801. The molecule has 1 N–H and O–H groups in total. The quantitative estimate of drug-likeness (QED) is 0.600. The number of amides is 2. The topological polar surface area (TPSA) is 49.4 Å². The third kappa shape index (κ3) is 5.03. The predicted octanol–water partition coefficient (Wildman–Crippen LogP) is 4.46. The van der Waals surface area contributed by atoms with Crippen LogP contribution < -0.4 is 5.32 Å². The van der Waals surface area contributed by atoms with E-state index in [0.717, 1.165) is 16.3 Å². The molecule has 4 nitrogen and oxygen atoms in total. The largest absolute Gasteiger partial charge is 0.355 e. The lowest BCUT2D eigenvalue weighted by molar-refractivity contribution is -0.140. The van der Waals surface area contributed by atoms with Crippen LogP contribution in [0.25, 0.3) is 10.8 Å². The monoisotopic (exact) mass is 406 g/mol. The second-order valence-electron chi connectivity index (χ2n) is 7.32. The molecule has 0 aliphatic heterocycles. The molecule has 3 aromatic carbocycles. The van der Waals surface area contributed by atoms with Gasteiger partial charge in [-0.3, -0.25) is 9.59 Å². The summed E-state index contributed by atoms with van der Waals surface area (Å²) in [6.07, 6.45) is 0.794. The number of carbonyl (C=O) groups excluding carboxylic acids is 2. The van der Waals surface area contributed by atoms with Gasteiger partial charge in [0.05, 0.1) is 0 Å². The third-order valence-electron chi connectivity index (χ3n) is 5.30. The lowest BCUT2D eigenvalue weighted by Gasteiger charge is -2.29. The van der Waals surface area contributed by atoms with Gasteiger partial charge in [0, 0.05) is 25.1 Å². The molecular weight excluding hydrogens is 379 g/mol. The van der Waals surface area contributed by atoms with Crippen molar-refractivity contribution in [1.29, 1.82) is 0 Å². The van der Waals surface area contributed by atoms with Crippen molar-refractivity contribution in [3.05, 3.63) is 83.7 Å². The maximum absolute atomic E-state index is 14.2. The molecule has 30 heavy (non-hydrogen) atoms. The molecule has 0 aliphatic rings. The highest BCUT2D eigenvalue weighted by atomic mass is 19.1. The van der Waals surface area contributed by atoms with E-state index in [4.69, 9.17) is 0 Å². The lowest BCUT2D eigenvalue weighted by Crippen LogP contribution is -2.47. The van der Waals surface area contributed by atoms with E-state index in [1.54, 1.807) is 25.1 Å². The maximum Gasteiger partial charge on any atom is 0.242 e. The molecule has 0 aromatic heterocycles. The van der Waals surface area contributed by atoms with E-state index >= 15 is 0 Å². The fourth-order valence-corrected chi connectivity index (χ4v) is 3.61. The Bertz CT molecular complexity index is 1030. The normalized spacial score (nSPS) is 11.8. The summed E-state index contributed by atoms with van der Waals surface area (Å²) in [5.41, 5.74) is 1.48. The van der Waals surface area contributed by atoms with E-state index in [9.17, 15) is 14.0 Å². The smallest absolute Gasteiger partial charge is 0.242 e. The minimum absolute atomic E-state index is 0.0549. The minimum Gasteiger partial charge on any atom is -0.355 e. The molecule has 0 fully saturated rings. The lowest BCUT2D eigenvalue weighted by atomic mass is 10.0. The fourth-order valence-electron chi connectivity index (χ4n) is 3.61. The van der Waals surface area contributed by atoms with Gasteiger partial charge in [-0.15, -0.1) is 0 Å². The fraction of sp³-hybridized carbons (Fsp3) is 0.280. The Kier molecular flexibility index (Phi) is 7.17. The summed E-state index contributed by atoms with van der Waals surface area (Å²) >= 11 is 0. The molecule has 2 amide bonds. The van der Waals surface area contributed by atoms with E-state index in [0.29, 0.717) is 18.5 Å². The van der Waals surface area contributed by atoms with Gasteiger partial charge in [-0.1, -0.05) is 60.7 Å². The van der Waals surface area contributed by atoms with Gasteiger partial charge in [0.1, 0.15) is 11.9 Å². The van der Waals surface area contributed by atoms with Crippen LogP contribution >= 0.6 is 0 Å². The average Bonchev–Trinajstić information content (AvgIpc) is 2.76. The summed E-state index contributed by atoms with van der Waals surface area (Å²) in [6.45, 7) is 4.04. The zero-order chi connectivity index (χ0) is 21.5. The van der Waals surface area contributed by atoms with E-state index < -0.39 is 6.04 Å². The van der Waals surface area contributed by atoms with Gasteiger partial charge in [-0.05, 0) is 42.7 Å². The van der Waals surface area contributed by atoms with Crippen LogP contribution in [0.2, 0.25) is 0 Å². The number of aryl methyl sites for hydroxylation is 1. The number of carbonyl (C=O) groups is 2. The highest BCUT2D eigenvalue weighted by Crippen LogP contribution is 2.21. The number of hydrogen-bond acceptors (Lipinski definition) is 2. The molecule has 0 bridgehead atoms. The Morgan fingerprint density at radius 3 is 2.40 bits per heavy atom. The van der Waals surface area contributed by atoms with E-state index in [-0.39, 0.29) is 30.6 Å². The second kappa shape index (κ2) is 10.0. The van der Waals surface area contributed by atoms with E-state index in [1.165, 1.54) is 11.0 Å². The number of nitrogens with zero attached hydrogens (tertiary/aromatic N) is 1. The second-order valence-corrected chi connectivity index (χ2v) is 7.32. The molecule has 3 rings (SSSR count). The number of likely N-dealkylation sites (N-methyl/N-ethyl adjacent to an activating group) is 1. The minimum atomic E-state index is -0.690. The van der Waals surface area contributed by atoms with Crippen LogP contribution in [0.4, 0.5) is 4.39 Å². The Morgan fingerprint density at radius 1 is 0.967 bits per heavy atom. The zero-order valence-electron chi connectivity index (χ0n) is 17.4. The van der Waals surface area contributed by atoms with Crippen molar-refractivity contribution in [1.82, 2.24) is 10.2 Å². The van der Waals surface area contributed by atoms with Crippen molar-refractivity contribution >= 4 is 22.6 Å². The summed E-state index contributed by atoms with van der Waals surface area (Å²) in [6, 6.07) is 19.8. The summed E-state index contributed by atoms with van der Waals surface area (Å²) in [4.78, 5) is 27.0. The van der Waals surface area contributed by atoms with Crippen molar-refractivity contribution < 1.29 is 14.0 Å². The molecule has 0 saturated heterocycles. The first kappa shape index (κ1) is 21.5. The van der Waals surface area contributed by atoms with Gasteiger partial charge < -0.3 is 10.2 Å². The highest BCUT2D eigenvalue weighted by molar-refractivity contribution is 5.88. The number of fused-ring (bicyclic) bond motifs is 1. The van der Waals surface area contributed by atoms with Crippen molar-refractivity contribution in [2.45, 2.75) is 39.3 Å². The SMILES string of the molecule is CCNC(=O)[C@H](C)N(Cc1ccccc1F)C(=O)CCc1cccc2ccccc12. The van der Waals surface area contributed by atoms with Crippen LogP contribution in [0.5, 0.6) is 0 Å². The number of rotatable bonds is 8. The number of benzene rings is 3. The molecule has 0 spiro atoms. The van der Waals surface area contributed by atoms with Crippen LogP contribution in [0.1, 0.15) is 31.4 Å². The Labute approximate surface area is 176 Å². The summed E-state index contributed by atoms with van der Waals surface area (Å²) in [5, 5.41) is 4.99. The summed E-state index contributed by atoms with van der Waals surface area (Å²) in [7, 11) is 0. The predicted molar refractivity (Wildman–Crippen MR) is 117 cm³/mol. The molecule has 0 radical (unpaired) electrons. The van der Waals surface area contributed by atoms with Gasteiger partial charge >= 0.3 is 0 Å². The van der Waals surface area contributed by atoms with E-state index in [2.05, 4.69) is 5.32 Å². The maximum atomic E-state index is 14.2. The first-order valence-electron chi connectivity index (χ1n) is 10.3. The molecule has 1 atom stereocenters. The van der Waals surface area contributed by atoms with Crippen LogP contribution in [0.3, 0.4) is 0 Å². The van der Waals surface area contributed by atoms with Gasteiger partial charge in [0.25, 0.3) is 0 Å². The molecule has 156 valence electrons. The summed E-state index contributed by atoms with van der Waals surface area (Å²) < 4.78 is 14.2. The third-order valence-corrected chi connectivity index (χ3v) is 5.30. The number of halogens is 1. The highest BCUT2D eigenvalue weighted by Gasteiger charge is 2.26. The standard InChI is InChI=1S/C25H27FN2O2/c1-3-27-25(30)18(2)28(17-21-10-5-7-14-23(21)26)24(29)16-15-20-12-8-11-19-9-4-6-13-22(19)20/h4-14,18H,3,15-17H2,1-2H3,(H,27,30)/t18-/m0/s1. The molecular formula is C25H27FN2O2. The Hall–Kier alpha value is -3.21. The molecule has 0 aliphatic carbocycles. The van der Waals surface area contributed by atoms with Crippen LogP contribution in [-0.4, -0.2) is 29.3 Å². The molecule has 0 saturated carbocycles. The molecule has 3 aromatic rings. The van der Waals surface area contributed by atoms with Gasteiger partial charge in [-0.2, -0.15) is 0 Å². The first-order valence-corrected chi connectivity index (χ1v) is 10.3. The van der Waals surface area contributed by atoms with Gasteiger partial charge in [0.15, 0.2) is 0 Å². The van der Waals surface area contributed by atoms with Crippen LogP contribution in [0, 0.1) is 5.82 Å². The van der Waals surface area contributed by atoms with Crippen molar-refractivity contribution in [3.8, 4) is 0 Å². The molecule has 5 heteroatoms. The van der Waals surface area contributed by atoms with Gasteiger partial charge in [-0.25, -0.2) is 4.39 Å². The van der Waals surface area contributed by atoms with Crippen molar-refractivity contribution in [2.24, 2.45) is 0 Å². The van der Waals surface area contributed by atoms with Crippen molar-refractivity contribution in [2.75, 3.05) is 6.54 Å². The van der Waals surface area contributed by atoms with E-state index in [1.807, 2.05) is 49.4 Å². The van der Waals surface area contributed by atoms with Crippen molar-refractivity contribution in [3.63, 3.8) is 0 Å². The molecule has 0 unspecified atom stereocenters. The first-order chi connectivity index (χ1) is 14.5. The zero-order valence-corrected chi connectivity index (χ0v) is 17.4. The van der Waals surface area contributed by atoms with Crippen LogP contribution in [-0.2, 0) is 22.6 Å². The Morgan fingerprint density at radius 2 is 1.63 bits per heavy atom.